The van der Waals surface area contributed by atoms with Crippen molar-refractivity contribution in [3.05, 3.63) is 132 Å². The molecule has 6 nitrogen and oxygen atoms in total. The van der Waals surface area contributed by atoms with Gasteiger partial charge < -0.3 is 19.9 Å². The highest BCUT2D eigenvalue weighted by molar-refractivity contribution is 7.99. The van der Waals surface area contributed by atoms with Gasteiger partial charge in [-0.25, -0.2) is 4.98 Å². The number of fused-ring (bicyclic) bond motifs is 2. The molecule has 0 bridgehead atoms. The minimum absolute atomic E-state index is 0.0267. The lowest BCUT2D eigenvalue weighted by Gasteiger charge is -2.36. The predicted molar refractivity (Wildman–Crippen MR) is 197 cm³/mol. The predicted octanol–water partition coefficient (Wildman–Crippen LogP) is 9.99. The maximum Gasteiger partial charge on any atom is 0.224 e. The number of aromatic nitrogens is 1. The van der Waals surface area contributed by atoms with E-state index in [9.17, 15) is 4.79 Å². The molecule has 1 aromatic heterocycles. The van der Waals surface area contributed by atoms with Crippen molar-refractivity contribution in [3.8, 4) is 5.75 Å². The van der Waals surface area contributed by atoms with Crippen LogP contribution in [0.25, 0.3) is 21.8 Å². The van der Waals surface area contributed by atoms with Gasteiger partial charge in [-0.3, -0.25) is 4.79 Å². The zero-order chi connectivity index (χ0) is 32.2. The van der Waals surface area contributed by atoms with E-state index in [0.29, 0.717) is 24.5 Å². The van der Waals surface area contributed by atoms with Gasteiger partial charge in [-0.05, 0) is 84.8 Å². The summed E-state index contributed by atoms with van der Waals surface area (Å²) in [4.78, 5) is 22.4. The van der Waals surface area contributed by atoms with Gasteiger partial charge in [0, 0.05) is 58.1 Å². The Kier molecular flexibility index (Phi) is 9.18. The Balaban J connectivity index is 1.10. The molecule has 6 aromatic rings. The molecule has 236 valence electrons. The number of carbonyl (C=O) groups excluding carboxylic acids is 1. The summed E-state index contributed by atoms with van der Waals surface area (Å²) in [6, 6.07) is 41.1. The molecular formula is C39H35ClN4O2S. The third-order valence-electron chi connectivity index (χ3n) is 8.48. The number of methoxy groups -OCH3 is 1. The number of anilines is 4. The average molecular weight is 659 g/mol. The number of nitrogens with zero attached hydrogens (tertiary/aromatic N) is 3. The lowest BCUT2D eigenvalue weighted by atomic mass is 10.1. The number of rotatable bonds is 10. The van der Waals surface area contributed by atoms with E-state index in [0.717, 1.165) is 68.0 Å². The lowest BCUT2D eigenvalue weighted by Crippen LogP contribution is -2.38. The molecule has 1 aliphatic rings. The van der Waals surface area contributed by atoms with Gasteiger partial charge in [0.15, 0.2) is 0 Å². The number of pyridine rings is 1. The number of halogens is 1. The lowest BCUT2D eigenvalue weighted by molar-refractivity contribution is -0.132. The molecule has 7 rings (SSSR count). The van der Waals surface area contributed by atoms with Crippen LogP contribution in [0.4, 0.5) is 22.7 Å². The van der Waals surface area contributed by atoms with Gasteiger partial charge in [-0.2, -0.15) is 0 Å². The van der Waals surface area contributed by atoms with Crippen LogP contribution in [0.5, 0.6) is 5.75 Å². The second-order valence-electron chi connectivity index (χ2n) is 11.5. The van der Waals surface area contributed by atoms with Gasteiger partial charge in [-0.1, -0.05) is 60.1 Å². The summed E-state index contributed by atoms with van der Waals surface area (Å²) < 4.78 is 5.52. The topological polar surface area (TPSA) is 57.7 Å². The van der Waals surface area contributed by atoms with E-state index in [1.54, 1.807) is 7.11 Å². The summed E-state index contributed by atoms with van der Waals surface area (Å²) in [6.07, 6.45) is 1.35. The van der Waals surface area contributed by atoms with E-state index in [4.69, 9.17) is 21.3 Å². The Hall–Kier alpha value is -4.72. The Bertz CT molecular complexity index is 1970. The first kappa shape index (κ1) is 30.9. The van der Waals surface area contributed by atoms with Crippen LogP contribution < -0.4 is 15.0 Å². The summed E-state index contributed by atoms with van der Waals surface area (Å²) in [5.74, 6) is 1.79. The van der Waals surface area contributed by atoms with Crippen molar-refractivity contribution in [2.24, 2.45) is 0 Å². The fraction of sp³-hybridized carbons (Fsp3) is 0.179. The number of ether oxygens (including phenoxy) is 1. The standard InChI is InChI=1S/C39H35ClN4O2S/c1-46-32-18-20-35-34(26-32)38(33-19-15-28(40)25-36(33)42-35)41-22-8-23-43-37(45)21-24-47-39(43)27-13-16-31(17-14-27)44(29-9-4-2-5-10-29)30-11-6-3-7-12-30/h2-7,9-20,25-26,39H,8,21-24H2,1H3,(H,41,42). The van der Waals surface area contributed by atoms with Crippen molar-refractivity contribution in [2.75, 3.05) is 36.2 Å². The van der Waals surface area contributed by atoms with E-state index < -0.39 is 0 Å². The minimum Gasteiger partial charge on any atom is -0.497 e. The molecule has 8 heteroatoms. The SMILES string of the molecule is COc1ccc2nc3cc(Cl)ccc3c(NCCCN3C(=O)CCSC3c3ccc(N(c4ccccc4)c4ccccc4)cc3)c2c1. The van der Waals surface area contributed by atoms with Crippen molar-refractivity contribution >= 4 is 73.8 Å². The van der Waals surface area contributed by atoms with Crippen LogP contribution in [0.15, 0.2) is 121 Å². The number of carbonyl (C=O) groups is 1. The largest absolute Gasteiger partial charge is 0.497 e. The molecule has 47 heavy (non-hydrogen) atoms. The van der Waals surface area contributed by atoms with Crippen molar-refractivity contribution in [2.45, 2.75) is 18.2 Å². The Morgan fingerprint density at radius 3 is 2.26 bits per heavy atom. The van der Waals surface area contributed by atoms with Crippen LogP contribution in [-0.2, 0) is 4.79 Å². The van der Waals surface area contributed by atoms with Gasteiger partial charge in [0.25, 0.3) is 0 Å². The summed E-state index contributed by atoms with van der Waals surface area (Å²) >= 11 is 8.15. The molecule has 1 aliphatic heterocycles. The fourth-order valence-electron chi connectivity index (χ4n) is 6.21. The van der Waals surface area contributed by atoms with Gasteiger partial charge in [0.1, 0.15) is 11.1 Å². The second kappa shape index (κ2) is 14.0. The van der Waals surface area contributed by atoms with E-state index in [1.165, 1.54) is 0 Å². The molecule has 1 atom stereocenters. The molecule has 0 aliphatic carbocycles. The van der Waals surface area contributed by atoms with Gasteiger partial charge in [0.05, 0.1) is 23.8 Å². The Morgan fingerprint density at radius 2 is 1.55 bits per heavy atom. The number of para-hydroxylation sites is 2. The Morgan fingerprint density at radius 1 is 0.851 bits per heavy atom. The quantitative estimate of drug-likeness (QED) is 0.117. The van der Waals surface area contributed by atoms with E-state index in [1.807, 2.05) is 65.2 Å². The van der Waals surface area contributed by atoms with Crippen molar-refractivity contribution in [1.29, 1.82) is 0 Å². The number of thioether (sulfide) groups is 1. The zero-order valence-electron chi connectivity index (χ0n) is 26.1. The fourth-order valence-corrected chi connectivity index (χ4v) is 7.64. The molecule has 1 unspecified atom stereocenters. The molecular weight excluding hydrogens is 624 g/mol. The molecule has 1 saturated heterocycles. The maximum absolute atomic E-state index is 13.3. The average Bonchev–Trinajstić information content (AvgIpc) is 3.11. The van der Waals surface area contributed by atoms with Crippen LogP contribution in [0.1, 0.15) is 23.8 Å². The second-order valence-corrected chi connectivity index (χ2v) is 13.1. The summed E-state index contributed by atoms with van der Waals surface area (Å²) in [6.45, 7) is 1.35. The molecule has 0 saturated carbocycles. The van der Waals surface area contributed by atoms with E-state index in [2.05, 4.69) is 83.0 Å². The van der Waals surface area contributed by atoms with Crippen LogP contribution in [0.2, 0.25) is 5.02 Å². The number of amides is 1. The normalized spacial score (nSPS) is 14.8. The highest BCUT2D eigenvalue weighted by atomic mass is 35.5. The number of benzene rings is 5. The van der Waals surface area contributed by atoms with Crippen LogP contribution in [0, 0.1) is 0 Å². The molecule has 0 radical (unpaired) electrons. The Labute approximate surface area is 284 Å². The number of hydrogen-bond donors (Lipinski definition) is 1. The van der Waals surface area contributed by atoms with Gasteiger partial charge >= 0.3 is 0 Å². The van der Waals surface area contributed by atoms with Crippen LogP contribution in [0.3, 0.4) is 0 Å². The van der Waals surface area contributed by atoms with Crippen molar-refractivity contribution in [1.82, 2.24) is 9.88 Å². The summed E-state index contributed by atoms with van der Waals surface area (Å²) in [7, 11) is 1.67. The molecule has 2 heterocycles. The molecule has 0 spiro atoms. The summed E-state index contributed by atoms with van der Waals surface area (Å²) in [5, 5.41) is 6.28. The smallest absolute Gasteiger partial charge is 0.224 e. The van der Waals surface area contributed by atoms with Gasteiger partial charge in [0.2, 0.25) is 5.91 Å². The van der Waals surface area contributed by atoms with Crippen molar-refractivity contribution in [3.63, 3.8) is 0 Å². The van der Waals surface area contributed by atoms with Crippen LogP contribution >= 0.6 is 23.4 Å². The molecule has 5 aromatic carbocycles. The first-order chi connectivity index (χ1) is 23.1. The molecule has 1 N–H and O–H groups in total. The monoisotopic (exact) mass is 658 g/mol. The third-order valence-corrected chi connectivity index (χ3v) is 10.00. The summed E-state index contributed by atoms with van der Waals surface area (Å²) in [5.41, 5.74) is 7.10. The first-order valence-corrected chi connectivity index (χ1v) is 17.2. The third kappa shape index (κ3) is 6.59. The minimum atomic E-state index is -0.0267. The van der Waals surface area contributed by atoms with E-state index >= 15 is 0 Å². The number of hydrogen-bond acceptors (Lipinski definition) is 6. The van der Waals surface area contributed by atoms with Crippen LogP contribution in [-0.4, -0.2) is 41.7 Å². The van der Waals surface area contributed by atoms with Crippen molar-refractivity contribution < 1.29 is 9.53 Å². The highest BCUT2D eigenvalue weighted by Crippen LogP contribution is 2.40. The first-order valence-electron chi connectivity index (χ1n) is 15.8. The van der Waals surface area contributed by atoms with Gasteiger partial charge in [-0.15, -0.1) is 11.8 Å². The maximum atomic E-state index is 13.3. The number of nitrogens with one attached hydrogen (secondary N) is 1. The molecule has 1 amide bonds. The zero-order valence-corrected chi connectivity index (χ0v) is 27.7. The van der Waals surface area contributed by atoms with E-state index in [-0.39, 0.29) is 11.3 Å². The molecule has 1 fully saturated rings. The highest BCUT2D eigenvalue weighted by Gasteiger charge is 2.29.